The van der Waals surface area contributed by atoms with Gasteiger partial charge in [-0.1, -0.05) is 30.3 Å². The molecule has 0 aromatic heterocycles. The maximum atomic E-state index is 14.0. The molecular formula is C19H18F3NO3. The van der Waals surface area contributed by atoms with Gasteiger partial charge in [-0.3, -0.25) is 4.79 Å². The lowest BCUT2D eigenvalue weighted by atomic mass is 10.1. The van der Waals surface area contributed by atoms with E-state index < -0.39 is 40.9 Å². The van der Waals surface area contributed by atoms with Crippen LogP contribution in [0.1, 0.15) is 29.8 Å². The summed E-state index contributed by atoms with van der Waals surface area (Å²) in [6.45, 7) is 3.12. The summed E-state index contributed by atoms with van der Waals surface area (Å²) in [4.78, 5) is 25.9. The van der Waals surface area contributed by atoms with Crippen LogP contribution in [0.3, 0.4) is 0 Å². The van der Waals surface area contributed by atoms with Crippen LogP contribution in [-0.4, -0.2) is 29.4 Å². The molecule has 0 aliphatic rings. The fourth-order valence-corrected chi connectivity index (χ4v) is 2.40. The number of hydrogen-bond acceptors (Lipinski definition) is 3. The van der Waals surface area contributed by atoms with Crippen molar-refractivity contribution in [1.82, 2.24) is 4.90 Å². The quantitative estimate of drug-likeness (QED) is 0.579. The summed E-state index contributed by atoms with van der Waals surface area (Å²) in [6, 6.07) is 9.18. The van der Waals surface area contributed by atoms with Crippen molar-refractivity contribution < 1.29 is 27.5 Å². The summed E-state index contributed by atoms with van der Waals surface area (Å²) in [7, 11) is 0. The number of amides is 1. The van der Waals surface area contributed by atoms with Gasteiger partial charge in [-0.05, 0) is 31.5 Å². The number of benzene rings is 2. The lowest BCUT2D eigenvalue weighted by molar-refractivity contribution is -0.148. The molecule has 0 spiro atoms. The first kappa shape index (κ1) is 19.5. The highest BCUT2D eigenvalue weighted by atomic mass is 19.2. The number of hydrogen-bond donors (Lipinski definition) is 0. The molecule has 1 unspecified atom stereocenters. The van der Waals surface area contributed by atoms with Gasteiger partial charge >= 0.3 is 5.97 Å². The molecule has 2 aromatic carbocycles. The molecule has 0 N–H and O–H groups in total. The van der Waals surface area contributed by atoms with E-state index in [0.717, 1.165) is 11.0 Å². The predicted molar refractivity (Wildman–Crippen MR) is 88.7 cm³/mol. The molecule has 1 amide bonds. The zero-order valence-corrected chi connectivity index (χ0v) is 14.3. The monoisotopic (exact) mass is 365 g/mol. The molecule has 0 radical (unpaired) electrons. The first-order valence-electron chi connectivity index (χ1n) is 8.01. The standard InChI is InChI=1S/C19H18F3NO3/c1-3-26-19(25)12(2)23(11-13-7-5-4-6-8-13)18(24)14-9-10-15(20)17(22)16(14)21/h4-10,12H,3,11H2,1-2H3. The Morgan fingerprint density at radius 1 is 1.04 bits per heavy atom. The first-order valence-corrected chi connectivity index (χ1v) is 8.01. The SMILES string of the molecule is CCOC(=O)C(C)N(Cc1ccccc1)C(=O)c1ccc(F)c(F)c1F. The maximum Gasteiger partial charge on any atom is 0.328 e. The van der Waals surface area contributed by atoms with Gasteiger partial charge in [0.05, 0.1) is 12.2 Å². The smallest absolute Gasteiger partial charge is 0.328 e. The van der Waals surface area contributed by atoms with Gasteiger partial charge in [-0.15, -0.1) is 0 Å². The van der Waals surface area contributed by atoms with Crippen molar-refractivity contribution in [2.45, 2.75) is 26.4 Å². The molecule has 4 nitrogen and oxygen atoms in total. The van der Waals surface area contributed by atoms with Gasteiger partial charge in [0, 0.05) is 6.54 Å². The predicted octanol–water partition coefficient (Wildman–Crippen LogP) is 3.70. The van der Waals surface area contributed by atoms with Gasteiger partial charge < -0.3 is 9.64 Å². The third-order valence-corrected chi connectivity index (χ3v) is 3.82. The molecule has 0 saturated heterocycles. The van der Waals surface area contributed by atoms with Crippen LogP contribution in [0.5, 0.6) is 0 Å². The summed E-state index contributed by atoms with van der Waals surface area (Å²) >= 11 is 0. The molecule has 138 valence electrons. The molecule has 2 rings (SSSR count). The molecule has 0 bridgehead atoms. The topological polar surface area (TPSA) is 46.6 Å². The zero-order chi connectivity index (χ0) is 19.3. The number of esters is 1. The second-order valence-corrected chi connectivity index (χ2v) is 5.57. The maximum absolute atomic E-state index is 14.0. The fourth-order valence-electron chi connectivity index (χ4n) is 2.40. The third kappa shape index (κ3) is 4.22. The van der Waals surface area contributed by atoms with E-state index in [2.05, 4.69) is 0 Å². The molecule has 7 heteroatoms. The van der Waals surface area contributed by atoms with Crippen molar-refractivity contribution in [3.05, 3.63) is 71.0 Å². The van der Waals surface area contributed by atoms with E-state index in [0.29, 0.717) is 11.6 Å². The van der Waals surface area contributed by atoms with Crippen LogP contribution >= 0.6 is 0 Å². The average molecular weight is 365 g/mol. The van der Waals surface area contributed by atoms with Crippen molar-refractivity contribution in [3.63, 3.8) is 0 Å². The molecule has 0 aliphatic heterocycles. The minimum absolute atomic E-state index is 0.0297. The van der Waals surface area contributed by atoms with Crippen molar-refractivity contribution in [3.8, 4) is 0 Å². The lowest BCUT2D eigenvalue weighted by Crippen LogP contribution is -2.44. The molecule has 0 saturated carbocycles. The Balaban J connectivity index is 2.40. The average Bonchev–Trinajstić information content (AvgIpc) is 2.64. The second-order valence-electron chi connectivity index (χ2n) is 5.57. The number of carbonyl (C=O) groups excluding carboxylic acids is 2. The van der Waals surface area contributed by atoms with Crippen LogP contribution in [-0.2, 0) is 16.1 Å². The van der Waals surface area contributed by atoms with Crippen LogP contribution in [0, 0.1) is 17.5 Å². The number of nitrogens with zero attached hydrogens (tertiary/aromatic N) is 1. The van der Waals surface area contributed by atoms with Crippen LogP contribution < -0.4 is 0 Å². The number of halogens is 3. The summed E-state index contributed by atoms with van der Waals surface area (Å²) in [5.41, 5.74) is 0.0240. The lowest BCUT2D eigenvalue weighted by Gasteiger charge is -2.28. The molecule has 1 atom stereocenters. The Labute approximate surface area is 149 Å². The Morgan fingerprint density at radius 2 is 1.69 bits per heavy atom. The number of rotatable bonds is 6. The van der Waals surface area contributed by atoms with Crippen molar-refractivity contribution in [2.75, 3.05) is 6.61 Å². The normalized spacial score (nSPS) is 11.7. The first-order chi connectivity index (χ1) is 12.4. The van der Waals surface area contributed by atoms with Crippen molar-refractivity contribution >= 4 is 11.9 Å². The zero-order valence-electron chi connectivity index (χ0n) is 14.3. The van der Waals surface area contributed by atoms with Gasteiger partial charge in [0.1, 0.15) is 6.04 Å². The highest BCUT2D eigenvalue weighted by molar-refractivity contribution is 5.97. The molecule has 0 aliphatic carbocycles. The van der Waals surface area contributed by atoms with Gasteiger partial charge in [0.25, 0.3) is 5.91 Å². The fraction of sp³-hybridized carbons (Fsp3) is 0.263. The highest BCUT2D eigenvalue weighted by Gasteiger charge is 2.30. The van der Waals surface area contributed by atoms with Gasteiger partial charge in [-0.2, -0.15) is 0 Å². The Bertz CT molecular complexity index is 796. The molecule has 26 heavy (non-hydrogen) atoms. The second kappa shape index (κ2) is 8.51. The van der Waals surface area contributed by atoms with E-state index in [1.165, 1.54) is 6.92 Å². The van der Waals surface area contributed by atoms with E-state index in [4.69, 9.17) is 4.74 Å². The Morgan fingerprint density at radius 3 is 2.31 bits per heavy atom. The van der Waals surface area contributed by atoms with E-state index >= 15 is 0 Å². The number of ether oxygens (including phenoxy) is 1. The van der Waals surface area contributed by atoms with Crippen molar-refractivity contribution in [2.24, 2.45) is 0 Å². The van der Waals surface area contributed by atoms with E-state index in [1.54, 1.807) is 37.3 Å². The van der Waals surface area contributed by atoms with Gasteiger partial charge in [0.2, 0.25) is 0 Å². The van der Waals surface area contributed by atoms with E-state index in [-0.39, 0.29) is 13.2 Å². The van der Waals surface area contributed by atoms with E-state index in [1.807, 2.05) is 0 Å². The van der Waals surface area contributed by atoms with E-state index in [9.17, 15) is 22.8 Å². The molecule has 0 heterocycles. The number of carbonyl (C=O) groups is 2. The van der Waals surface area contributed by atoms with Crippen LogP contribution in [0.4, 0.5) is 13.2 Å². The molecular weight excluding hydrogens is 347 g/mol. The van der Waals surface area contributed by atoms with Gasteiger partial charge in [0.15, 0.2) is 17.5 Å². The molecule has 2 aromatic rings. The largest absolute Gasteiger partial charge is 0.464 e. The summed E-state index contributed by atoms with van der Waals surface area (Å²) in [5, 5.41) is 0. The Kier molecular flexibility index (Phi) is 6.38. The van der Waals surface area contributed by atoms with Crippen LogP contribution in [0.2, 0.25) is 0 Å². The summed E-state index contributed by atoms with van der Waals surface area (Å²) < 4.78 is 45.6. The van der Waals surface area contributed by atoms with Crippen LogP contribution in [0.25, 0.3) is 0 Å². The molecule has 0 fully saturated rings. The third-order valence-electron chi connectivity index (χ3n) is 3.82. The van der Waals surface area contributed by atoms with Crippen LogP contribution in [0.15, 0.2) is 42.5 Å². The minimum Gasteiger partial charge on any atom is -0.464 e. The minimum atomic E-state index is -1.74. The summed E-state index contributed by atoms with van der Waals surface area (Å²) in [5.74, 6) is -6.35. The summed E-state index contributed by atoms with van der Waals surface area (Å²) in [6.07, 6.45) is 0. The Hall–Kier alpha value is -2.83. The van der Waals surface area contributed by atoms with Gasteiger partial charge in [-0.25, -0.2) is 18.0 Å². The highest BCUT2D eigenvalue weighted by Crippen LogP contribution is 2.20. The van der Waals surface area contributed by atoms with Crippen molar-refractivity contribution in [1.29, 1.82) is 0 Å².